The van der Waals surface area contributed by atoms with Gasteiger partial charge in [0.1, 0.15) is 0 Å². The molecule has 1 amide bonds. The van der Waals surface area contributed by atoms with Gasteiger partial charge in [-0.15, -0.1) is 0 Å². The molecule has 0 radical (unpaired) electrons. The van der Waals surface area contributed by atoms with Gasteiger partial charge in [0.2, 0.25) is 0 Å². The maximum absolute atomic E-state index is 12.2. The van der Waals surface area contributed by atoms with Crippen molar-refractivity contribution in [1.82, 2.24) is 20.5 Å². The summed E-state index contributed by atoms with van der Waals surface area (Å²) in [5.41, 5.74) is 2.65. The van der Waals surface area contributed by atoms with Crippen molar-refractivity contribution in [3.63, 3.8) is 0 Å². The van der Waals surface area contributed by atoms with Gasteiger partial charge < -0.3 is 5.32 Å². The molecule has 0 aliphatic heterocycles. The Kier molecular flexibility index (Phi) is 4.39. The molecule has 6 heteroatoms. The lowest BCUT2D eigenvalue weighted by molar-refractivity contribution is 0.0929. The molecule has 0 aromatic carbocycles. The van der Waals surface area contributed by atoms with Crippen LogP contribution in [0.25, 0.3) is 0 Å². The Labute approximate surface area is 122 Å². The molecule has 0 unspecified atom stereocenters. The number of nitrogens with one attached hydrogen (secondary N) is 2. The highest BCUT2D eigenvalue weighted by molar-refractivity contribution is 6.34. The summed E-state index contributed by atoms with van der Waals surface area (Å²) in [7, 11) is 0. The van der Waals surface area contributed by atoms with Crippen molar-refractivity contribution < 1.29 is 4.79 Å². The van der Waals surface area contributed by atoms with E-state index in [0.29, 0.717) is 10.7 Å². The monoisotopic (exact) mass is 292 g/mol. The first-order valence-electron chi connectivity index (χ1n) is 6.47. The Morgan fingerprint density at radius 1 is 1.45 bits per heavy atom. The Morgan fingerprint density at radius 3 is 2.75 bits per heavy atom. The third-order valence-corrected chi connectivity index (χ3v) is 3.53. The number of aryl methyl sites for hydroxylation is 2. The van der Waals surface area contributed by atoms with E-state index in [2.05, 4.69) is 20.5 Å². The number of carbonyl (C=O) groups is 1. The molecule has 2 N–H and O–H groups in total. The SMILES string of the molecule is CC[C@@H](NC(=O)c1n[nH]c(C)c1Cl)c1cccc(C)n1. The molecule has 0 saturated carbocycles. The van der Waals surface area contributed by atoms with Gasteiger partial charge in [0.05, 0.1) is 22.5 Å². The molecule has 2 rings (SSSR count). The van der Waals surface area contributed by atoms with E-state index in [4.69, 9.17) is 11.6 Å². The summed E-state index contributed by atoms with van der Waals surface area (Å²) >= 11 is 6.03. The minimum absolute atomic E-state index is 0.157. The van der Waals surface area contributed by atoms with Crippen LogP contribution in [0.2, 0.25) is 5.02 Å². The quantitative estimate of drug-likeness (QED) is 0.910. The second kappa shape index (κ2) is 6.05. The highest BCUT2D eigenvalue weighted by atomic mass is 35.5. The number of H-pyrrole nitrogens is 1. The summed E-state index contributed by atoms with van der Waals surface area (Å²) in [5.74, 6) is -0.297. The van der Waals surface area contributed by atoms with Crippen LogP contribution in [0.3, 0.4) is 0 Å². The van der Waals surface area contributed by atoms with Crippen molar-refractivity contribution >= 4 is 17.5 Å². The topological polar surface area (TPSA) is 70.7 Å². The number of aromatic amines is 1. The maximum atomic E-state index is 12.2. The fourth-order valence-electron chi connectivity index (χ4n) is 1.94. The van der Waals surface area contributed by atoms with Gasteiger partial charge in [0.15, 0.2) is 5.69 Å². The molecule has 1 atom stereocenters. The molecule has 0 aliphatic carbocycles. The van der Waals surface area contributed by atoms with Crippen molar-refractivity contribution in [3.05, 3.63) is 46.0 Å². The third kappa shape index (κ3) is 2.99. The fourth-order valence-corrected chi connectivity index (χ4v) is 2.11. The summed E-state index contributed by atoms with van der Waals surface area (Å²) in [5, 5.41) is 9.89. The van der Waals surface area contributed by atoms with E-state index in [1.807, 2.05) is 32.0 Å². The largest absolute Gasteiger partial charge is 0.342 e. The Morgan fingerprint density at radius 2 is 2.20 bits per heavy atom. The van der Waals surface area contributed by atoms with Crippen LogP contribution in [-0.2, 0) is 0 Å². The highest BCUT2D eigenvalue weighted by Crippen LogP contribution is 2.20. The predicted octanol–water partition coefficient (Wildman–Crippen LogP) is 2.96. The minimum atomic E-state index is -0.297. The number of amides is 1. The van der Waals surface area contributed by atoms with Crippen molar-refractivity contribution in [2.45, 2.75) is 33.2 Å². The number of carbonyl (C=O) groups excluding carboxylic acids is 1. The van der Waals surface area contributed by atoms with E-state index in [9.17, 15) is 4.79 Å². The zero-order valence-corrected chi connectivity index (χ0v) is 12.5. The van der Waals surface area contributed by atoms with Crippen LogP contribution in [0, 0.1) is 13.8 Å². The van der Waals surface area contributed by atoms with Crippen molar-refractivity contribution in [1.29, 1.82) is 0 Å². The highest BCUT2D eigenvalue weighted by Gasteiger charge is 2.20. The smallest absolute Gasteiger partial charge is 0.273 e. The lowest BCUT2D eigenvalue weighted by Crippen LogP contribution is -2.29. The number of nitrogens with zero attached hydrogens (tertiary/aromatic N) is 2. The molecule has 0 fully saturated rings. The summed E-state index contributed by atoms with van der Waals surface area (Å²) in [4.78, 5) is 16.6. The number of rotatable bonds is 4. The number of hydrogen-bond donors (Lipinski definition) is 2. The normalized spacial score (nSPS) is 12.2. The molecule has 5 nitrogen and oxygen atoms in total. The fraction of sp³-hybridized carbons (Fsp3) is 0.357. The Balaban J connectivity index is 2.18. The molecular weight excluding hydrogens is 276 g/mol. The number of pyridine rings is 1. The molecule has 2 heterocycles. The first kappa shape index (κ1) is 14.5. The molecule has 0 spiro atoms. The van der Waals surface area contributed by atoms with Gasteiger partial charge in [-0.1, -0.05) is 24.6 Å². The molecule has 2 aromatic rings. The summed E-state index contributed by atoms with van der Waals surface area (Å²) < 4.78 is 0. The number of halogens is 1. The molecule has 0 bridgehead atoms. The average Bonchev–Trinajstić information content (AvgIpc) is 2.76. The second-order valence-corrected chi connectivity index (χ2v) is 5.03. The van der Waals surface area contributed by atoms with Gasteiger partial charge >= 0.3 is 0 Å². The van der Waals surface area contributed by atoms with E-state index in [-0.39, 0.29) is 17.6 Å². The van der Waals surface area contributed by atoms with Crippen LogP contribution in [0.15, 0.2) is 18.2 Å². The predicted molar refractivity (Wildman–Crippen MR) is 77.8 cm³/mol. The molecule has 0 saturated heterocycles. The zero-order chi connectivity index (χ0) is 14.7. The van der Waals surface area contributed by atoms with Crippen LogP contribution < -0.4 is 5.32 Å². The van der Waals surface area contributed by atoms with Crippen molar-refractivity contribution in [2.24, 2.45) is 0 Å². The van der Waals surface area contributed by atoms with Gasteiger partial charge in [-0.3, -0.25) is 14.9 Å². The first-order valence-corrected chi connectivity index (χ1v) is 6.85. The van der Waals surface area contributed by atoms with E-state index in [1.165, 1.54) is 0 Å². The van der Waals surface area contributed by atoms with E-state index < -0.39 is 0 Å². The zero-order valence-electron chi connectivity index (χ0n) is 11.7. The van der Waals surface area contributed by atoms with Crippen LogP contribution in [0.5, 0.6) is 0 Å². The third-order valence-electron chi connectivity index (χ3n) is 3.07. The minimum Gasteiger partial charge on any atom is -0.342 e. The summed E-state index contributed by atoms with van der Waals surface area (Å²) in [6.07, 6.45) is 0.739. The standard InChI is InChI=1S/C14H17ClN4O/c1-4-10(11-7-5-6-8(2)16-11)17-14(20)13-12(15)9(3)18-19-13/h5-7,10H,4H2,1-3H3,(H,17,20)(H,18,19)/t10-/m1/s1. The number of aromatic nitrogens is 3. The Bertz CT molecular complexity index is 623. The lowest BCUT2D eigenvalue weighted by atomic mass is 10.1. The maximum Gasteiger partial charge on any atom is 0.273 e. The van der Waals surface area contributed by atoms with Gasteiger partial charge in [-0.05, 0) is 32.4 Å². The second-order valence-electron chi connectivity index (χ2n) is 4.65. The Hall–Kier alpha value is -1.88. The van der Waals surface area contributed by atoms with Gasteiger partial charge in [0, 0.05) is 5.69 Å². The van der Waals surface area contributed by atoms with Crippen molar-refractivity contribution in [3.8, 4) is 0 Å². The van der Waals surface area contributed by atoms with Crippen LogP contribution >= 0.6 is 11.6 Å². The van der Waals surface area contributed by atoms with E-state index >= 15 is 0 Å². The van der Waals surface area contributed by atoms with Gasteiger partial charge in [-0.2, -0.15) is 5.10 Å². The van der Waals surface area contributed by atoms with E-state index in [1.54, 1.807) is 6.92 Å². The summed E-state index contributed by atoms with van der Waals surface area (Å²) in [6.45, 7) is 5.68. The molecule has 2 aromatic heterocycles. The average molecular weight is 293 g/mol. The van der Waals surface area contributed by atoms with Crippen LogP contribution in [-0.4, -0.2) is 21.1 Å². The van der Waals surface area contributed by atoms with Crippen LogP contribution in [0.4, 0.5) is 0 Å². The van der Waals surface area contributed by atoms with Crippen molar-refractivity contribution in [2.75, 3.05) is 0 Å². The van der Waals surface area contributed by atoms with Crippen LogP contribution in [0.1, 0.15) is 47.0 Å². The molecule has 20 heavy (non-hydrogen) atoms. The summed E-state index contributed by atoms with van der Waals surface area (Å²) in [6, 6.07) is 5.60. The lowest BCUT2D eigenvalue weighted by Gasteiger charge is -2.16. The first-order chi connectivity index (χ1) is 9.52. The molecular formula is C14H17ClN4O. The van der Waals surface area contributed by atoms with E-state index in [0.717, 1.165) is 17.8 Å². The molecule has 106 valence electrons. The van der Waals surface area contributed by atoms with Gasteiger partial charge in [0.25, 0.3) is 5.91 Å². The van der Waals surface area contributed by atoms with Gasteiger partial charge in [-0.25, -0.2) is 0 Å². The number of hydrogen-bond acceptors (Lipinski definition) is 3. The molecule has 0 aliphatic rings.